The minimum absolute atomic E-state index is 0.555. The molecule has 1 fully saturated rings. The first-order chi connectivity index (χ1) is 4.84. The van der Waals surface area contributed by atoms with Gasteiger partial charge in [0, 0.05) is 19.6 Å². The monoisotopic (exact) mass is 139 g/mol. The molecule has 1 saturated heterocycles. The average molecular weight is 139 g/mol. The van der Waals surface area contributed by atoms with Crippen LogP contribution in [0.3, 0.4) is 0 Å². The van der Waals surface area contributed by atoms with E-state index >= 15 is 0 Å². The average Bonchev–Trinajstić information content (AvgIpc) is 2.59. The fourth-order valence-corrected chi connectivity index (χ4v) is 1.37. The molecule has 56 valence electrons. The third kappa shape index (κ3) is 1.39. The Hall–Kier alpha value is -0.340. The van der Waals surface area contributed by atoms with Gasteiger partial charge in [-0.15, -0.1) is 0 Å². The van der Waals surface area contributed by atoms with Gasteiger partial charge in [0.25, 0.3) is 0 Å². The van der Waals surface area contributed by atoms with Gasteiger partial charge in [0.05, 0.1) is 12.7 Å². The molecule has 0 spiro atoms. The summed E-state index contributed by atoms with van der Waals surface area (Å²) < 4.78 is 5.14. The lowest BCUT2D eigenvalue weighted by Gasteiger charge is -2.12. The van der Waals surface area contributed by atoms with Crippen LogP contribution >= 0.6 is 0 Å². The Morgan fingerprint density at radius 3 is 3.10 bits per heavy atom. The van der Waals surface area contributed by atoms with Crippen molar-refractivity contribution >= 4 is 0 Å². The smallest absolute Gasteiger partial charge is 0.0936 e. The zero-order valence-electron chi connectivity index (χ0n) is 6.34. The van der Waals surface area contributed by atoms with E-state index in [0.717, 1.165) is 26.2 Å². The SMILES string of the molecule is CC1=CCN(CC2CO2)C1. The molecule has 0 amide bonds. The van der Waals surface area contributed by atoms with Gasteiger partial charge in [-0.25, -0.2) is 0 Å². The molecule has 2 aliphatic heterocycles. The summed E-state index contributed by atoms with van der Waals surface area (Å²) in [6, 6.07) is 0. The van der Waals surface area contributed by atoms with Gasteiger partial charge in [0.15, 0.2) is 0 Å². The highest BCUT2D eigenvalue weighted by atomic mass is 16.6. The van der Waals surface area contributed by atoms with Crippen LogP contribution in [0.25, 0.3) is 0 Å². The van der Waals surface area contributed by atoms with Gasteiger partial charge >= 0.3 is 0 Å². The Labute approximate surface area is 61.5 Å². The molecular formula is C8H13NO. The molecule has 1 unspecified atom stereocenters. The van der Waals surface area contributed by atoms with Crippen molar-refractivity contribution in [3.8, 4) is 0 Å². The van der Waals surface area contributed by atoms with Crippen LogP contribution < -0.4 is 0 Å². The minimum Gasteiger partial charge on any atom is -0.372 e. The molecule has 0 aliphatic carbocycles. The second-order valence-electron chi connectivity index (χ2n) is 3.20. The van der Waals surface area contributed by atoms with Crippen LogP contribution in [0.5, 0.6) is 0 Å². The first-order valence-electron chi connectivity index (χ1n) is 3.84. The van der Waals surface area contributed by atoms with Crippen molar-refractivity contribution in [2.24, 2.45) is 0 Å². The van der Waals surface area contributed by atoms with Gasteiger partial charge < -0.3 is 4.74 Å². The summed E-state index contributed by atoms with van der Waals surface area (Å²) in [5.74, 6) is 0. The number of hydrogen-bond acceptors (Lipinski definition) is 2. The zero-order valence-corrected chi connectivity index (χ0v) is 6.34. The van der Waals surface area contributed by atoms with Crippen LogP contribution in [0, 0.1) is 0 Å². The minimum atomic E-state index is 0.555. The van der Waals surface area contributed by atoms with Crippen molar-refractivity contribution in [1.82, 2.24) is 4.90 Å². The summed E-state index contributed by atoms with van der Waals surface area (Å²) in [6.45, 7) is 6.59. The lowest BCUT2D eigenvalue weighted by molar-refractivity contribution is 0.291. The molecule has 0 aromatic carbocycles. The molecule has 0 saturated carbocycles. The lowest BCUT2D eigenvalue weighted by Crippen LogP contribution is -2.25. The molecule has 10 heavy (non-hydrogen) atoms. The van der Waals surface area contributed by atoms with E-state index in [0.29, 0.717) is 6.10 Å². The first-order valence-corrected chi connectivity index (χ1v) is 3.84. The van der Waals surface area contributed by atoms with E-state index in [1.807, 2.05) is 0 Å². The molecule has 0 radical (unpaired) electrons. The van der Waals surface area contributed by atoms with Gasteiger partial charge in [-0.1, -0.05) is 11.6 Å². The highest BCUT2D eigenvalue weighted by Gasteiger charge is 2.26. The standard InChI is InChI=1S/C8H13NO/c1-7-2-3-9(4-7)5-8-6-10-8/h2,8H,3-6H2,1H3. The number of epoxide rings is 1. The first kappa shape index (κ1) is 6.38. The Bertz CT molecular complexity index is 161. The fourth-order valence-electron chi connectivity index (χ4n) is 1.37. The van der Waals surface area contributed by atoms with Crippen molar-refractivity contribution in [3.63, 3.8) is 0 Å². The largest absolute Gasteiger partial charge is 0.372 e. The number of hydrogen-bond donors (Lipinski definition) is 0. The molecule has 2 nitrogen and oxygen atoms in total. The van der Waals surface area contributed by atoms with E-state index in [-0.39, 0.29) is 0 Å². The van der Waals surface area contributed by atoms with Crippen LogP contribution in [0.2, 0.25) is 0 Å². The molecular weight excluding hydrogens is 126 g/mol. The molecule has 2 heteroatoms. The summed E-state index contributed by atoms with van der Waals surface area (Å²) in [4.78, 5) is 2.42. The topological polar surface area (TPSA) is 15.8 Å². The fraction of sp³-hybridized carbons (Fsp3) is 0.750. The summed E-state index contributed by atoms with van der Waals surface area (Å²) in [5, 5.41) is 0. The molecule has 2 rings (SSSR count). The Kier molecular flexibility index (Phi) is 1.51. The van der Waals surface area contributed by atoms with Crippen LogP contribution in [-0.4, -0.2) is 37.2 Å². The molecule has 0 aromatic rings. The van der Waals surface area contributed by atoms with Crippen molar-refractivity contribution in [1.29, 1.82) is 0 Å². The van der Waals surface area contributed by atoms with E-state index in [1.54, 1.807) is 0 Å². The third-order valence-corrected chi connectivity index (χ3v) is 2.04. The van der Waals surface area contributed by atoms with Gasteiger partial charge in [-0.2, -0.15) is 0 Å². The maximum Gasteiger partial charge on any atom is 0.0936 e. The van der Waals surface area contributed by atoms with Crippen LogP contribution in [0.1, 0.15) is 6.92 Å². The molecule has 0 bridgehead atoms. The molecule has 0 aromatic heterocycles. The van der Waals surface area contributed by atoms with Gasteiger partial charge in [0.1, 0.15) is 0 Å². The van der Waals surface area contributed by atoms with E-state index in [2.05, 4.69) is 17.9 Å². The van der Waals surface area contributed by atoms with Crippen LogP contribution in [-0.2, 0) is 4.74 Å². The zero-order chi connectivity index (χ0) is 6.97. The Balaban J connectivity index is 1.76. The quantitative estimate of drug-likeness (QED) is 0.412. The third-order valence-electron chi connectivity index (χ3n) is 2.04. The second kappa shape index (κ2) is 2.36. The van der Waals surface area contributed by atoms with Crippen molar-refractivity contribution in [3.05, 3.63) is 11.6 Å². The summed E-state index contributed by atoms with van der Waals surface area (Å²) >= 11 is 0. The van der Waals surface area contributed by atoms with Crippen molar-refractivity contribution in [2.45, 2.75) is 13.0 Å². The van der Waals surface area contributed by atoms with Gasteiger partial charge in [-0.05, 0) is 6.92 Å². The highest BCUT2D eigenvalue weighted by Crippen LogP contribution is 2.14. The maximum atomic E-state index is 5.14. The van der Waals surface area contributed by atoms with Crippen LogP contribution in [0.4, 0.5) is 0 Å². The van der Waals surface area contributed by atoms with Gasteiger partial charge in [-0.3, -0.25) is 4.90 Å². The van der Waals surface area contributed by atoms with E-state index < -0.39 is 0 Å². The summed E-state index contributed by atoms with van der Waals surface area (Å²) in [7, 11) is 0. The number of nitrogens with zero attached hydrogens (tertiary/aromatic N) is 1. The molecule has 1 atom stereocenters. The van der Waals surface area contributed by atoms with E-state index in [1.165, 1.54) is 5.57 Å². The number of ether oxygens (including phenoxy) is 1. The normalized spacial score (nSPS) is 32.5. The lowest BCUT2D eigenvalue weighted by atomic mass is 10.3. The highest BCUT2D eigenvalue weighted by molar-refractivity contribution is 5.08. The number of rotatable bonds is 2. The van der Waals surface area contributed by atoms with Crippen molar-refractivity contribution < 1.29 is 4.74 Å². The predicted molar refractivity (Wildman–Crippen MR) is 39.9 cm³/mol. The second-order valence-corrected chi connectivity index (χ2v) is 3.20. The van der Waals surface area contributed by atoms with E-state index in [9.17, 15) is 0 Å². The maximum absolute atomic E-state index is 5.14. The Morgan fingerprint density at radius 1 is 1.80 bits per heavy atom. The summed E-state index contributed by atoms with van der Waals surface area (Å²) in [6.07, 6.45) is 2.85. The summed E-state index contributed by atoms with van der Waals surface area (Å²) in [5.41, 5.74) is 1.50. The molecule has 0 N–H and O–H groups in total. The van der Waals surface area contributed by atoms with Crippen molar-refractivity contribution in [2.75, 3.05) is 26.2 Å². The molecule has 2 aliphatic rings. The predicted octanol–water partition coefficient (Wildman–Crippen LogP) is 0.647. The van der Waals surface area contributed by atoms with E-state index in [4.69, 9.17) is 4.74 Å². The molecule has 2 heterocycles. The Morgan fingerprint density at radius 2 is 2.60 bits per heavy atom. The van der Waals surface area contributed by atoms with Crippen LogP contribution in [0.15, 0.2) is 11.6 Å². The van der Waals surface area contributed by atoms with Gasteiger partial charge in [0.2, 0.25) is 0 Å².